The summed E-state index contributed by atoms with van der Waals surface area (Å²) >= 11 is 0. The van der Waals surface area contributed by atoms with Crippen molar-refractivity contribution in [2.45, 2.75) is 71.6 Å². The maximum Gasteiger partial charge on any atom is 0.410 e. The summed E-state index contributed by atoms with van der Waals surface area (Å²) in [5.41, 5.74) is 0.195. The molecule has 1 aromatic carbocycles. The van der Waals surface area contributed by atoms with E-state index in [4.69, 9.17) is 9.47 Å². The highest BCUT2D eigenvalue weighted by atomic mass is 16.6. The first kappa shape index (κ1) is 25.5. The fraction of sp³-hybridized carbons (Fsp3) is 0.625. The van der Waals surface area contributed by atoms with Crippen molar-refractivity contribution in [1.29, 1.82) is 0 Å². The van der Waals surface area contributed by atoms with Crippen LogP contribution in [0.1, 0.15) is 58.9 Å². The van der Waals surface area contributed by atoms with Gasteiger partial charge >= 0.3 is 12.2 Å². The number of hydrogen-bond donors (Lipinski definition) is 1. The number of alkyl carbamates (subject to hydrolysis) is 1. The third-order valence-corrected chi connectivity index (χ3v) is 5.02. The number of ether oxygens (including phenoxy) is 2. The molecule has 1 aromatic rings. The Balaban J connectivity index is 2.09. The van der Waals surface area contributed by atoms with Crippen molar-refractivity contribution in [2.75, 3.05) is 26.2 Å². The van der Waals surface area contributed by atoms with Crippen LogP contribution in [0, 0.1) is 0 Å². The minimum Gasteiger partial charge on any atom is -0.445 e. The van der Waals surface area contributed by atoms with Gasteiger partial charge in [-0.3, -0.25) is 4.79 Å². The molecule has 0 spiro atoms. The van der Waals surface area contributed by atoms with Crippen LogP contribution >= 0.6 is 0 Å². The van der Waals surface area contributed by atoms with Gasteiger partial charge in [0.1, 0.15) is 18.2 Å². The van der Waals surface area contributed by atoms with Gasteiger partial charge in [-0.05, 0) is 52.0 Å². The molecule has 0 aliphatic carbocycles. The first-order valence-corrected chi connectivity index (χ1v) is 11.4. The molecule has 1 saturated heterocycles. The number of benzene rings is 1. The number of amides is 3. The minimum atomic E-state index is -0.907. The lowest BCUT2D eigenvalue weighted by Crippen LogP contribution is -2.56. The molecule has 0 aromatic heterocycles. The van der Waals surface area contributed by atoms with Crippen LogP contribution in [0.2, 0.25) is 0 Å². The normalized spacial score (nSPS) is 14.9. The van der Waals surface area contributed by atoms with Crippen molar-refractivity contribution >= 4 is 18.1 Å². The molecular weight excluding hydrogens is 410 g/mol. The molecule has 0 bridgehead atoms. The van der Waals surface area contributed by atoms with Gasteiger partial charge in [-0.2, -0.15) is 0 Å². The lowest BCUT2D eigenvalue weighted by Gasteiger charge is -2.33. The average molecular weight is 448 g/mol. The molecule has 1 heterocycles. The fourth-order valence-corrected chi connectivity index (χ4v) is 3.50. The first-order valence-electron chi connectivity index (χ1n) is 11.4. The van der Waals surface area contributed by atoms with Crippen LogP contribution in [0.5, 0.6) is 0 Å². The average Bonchev–Trinajstić information content (AvgIpc) is 2.76. The summed E-state index contributed by atoms with van der Waals surface area (Å²) < 4.78 is 10.8. The van der Waals surface area contributed by atoms with Crippen molar-refractivity contribution in [3.8, 4) is 0 Å². The summed E-state index contributed by atoms with van der Waals surface area (Å²) in [7, 11) is 0. The van der Waals surface area contributed by atoms with E-state index >= 15 is 0 Å². The molecule has 0 saturated carbocycles. The van der Waals surface area contributed by atoms with E-state index in [2.05, 4.69) is 5.32 Å². The second kappa shape index (κ2) is 12.3. The van der Waals surface area contributed by atoms with Crippen molar-refractivity contribution < 1.29 is 23.9 Å². The molecule has 2 rings (SSSR count). The zero-order valence-corrected chi connectivity index (χ0v) is 19.8. The van der Waals surface area contributed by atoms with Crippen LogP contribution in [0.3, 0.4) is 0 Å². The Morgan fingerprint density at radius 3 is 2.34 bits per heavy atom. The summed E-state index contributed by atoms with van der Waals surface area (Å²) in [5.74, 6) is -0.203. The van der Waals surface area contributed by atoms with Crippen LogP contribution in [0.25, 0.3) is 0 Å². The lowest BCUT2D eigenvalue weighted by molar-refractivity contribution is -0.134. The van der Waals surface area contributed by atoms with Crippen LogP contribution in [-0.4, -0.2) is 65.7 Å². The molecule has 0 radical (unpaired) electrons. The third-order valence-electron chi connectivity index (χ3n) is 5.02. The number of carbonyl (C=O) groups is 3. The molecule has 0 unspecified atom stereocenters. The Bertz CT molecular complexity index is 742. The van der Waals surface area contributed by atoms with E-state index in [0.29, 0.717) is 26.1 Å². The van der Waals surface area contributed by atoms with Crippen molar-refractivity contribution in [2.24, 2.45) is 0 Å². The van der Waals surface area contributed by atoms with Crippen molar-refractivity contribution in [3.63, 3.8) is 0 Å². The Morgan fingerprint density at radius 2 is 1.75 bits per heavy atom. The third kappa shape index (κ3) is 8.77. The van der Waals surface area contributed by atoms with Gasteiger partial charge in [0.15, 0.2) is 0 Å². The van der Waals surface area contributed by atoms with E-state index in [9.17, 15) is 14.4 Å². The number of carbonyl (C=O) groups excluding carboxylic acids is 3. The topological polar surface area (TPSA) is 88.2 Å². The number of hydrogen-bond acceptors (Lipinski definition) is 5. The minimum absolute atomic E-state index is 0.0263. The summed E-state index contributed by atoms with van der Waals surface area (Å²) in [6.07, 6.45) is 2.45. The van der Waals surface area contributed by atoms with Crippen LogP contribution in [0.15, 0.2) is 30.3 Å². The Kier molecular flexibility index (Phi) is 9.81. The van der Waals surface area contributed by atoms with Gasteiger partial charge in [0.2, 0.25) is 5.91 Å². The van der Waals surface area contributed by atoms with E-state index in [1.54, 1.807) is 25.7 Å². The maximum atomic E-state index is 13.2. The highest BCUT2D eigenvalue weighted by molar-refractivity contribution is 5.86. The SMILES string of the molecule is CCCN(C[C@H](NC(=O)OCc1ccccc1)C(=O)N1CCCCC1)C(=O)OC(C)(C)C. The van der Waals surface area contributed by atoms with Crippen molar-refractivity contribution in [1.82, 2.24) is 15.1 Å². The highest BCUT2D eigenvalue weighted by Gasteiger charge is 2.32. The Hall–Kier alpha value is -2.77. The number of nitrogens with zero attached hydrogens (tertiary/aromatic N) is 2. The predicted octanol–water partition coefficient (Wildman–Crippen LogP) is 3.94. The summed E-state index contributed by atoms with van der Waals surface area (Å²) in [4.78, 5) is 41.7. The van der Waals surface area contributed by atoms with Gasteiger partial charge in [0, 0.05) is 19.6 Å². The molecule has 178 valence electrons. The zero-order valence-electron chi connectivity index (χ0n) is 19.8. The van der Waals surface area contributed by atoms with E-state index in [0.717, 1.165) is 24.8 Å². The molecular formula is C24H37N3O5. The van der Waals surface area contributed by atoms with Gasteiger partial charge in [-0.15, -0.1) is 0 Å². The van der Waals surface area contributed by atoms with E-state index in [1.807, 2.05) is 37.3 Å². The van der Waals surface area contributed by atoms with Crippen molar-refractivity contribution in [3.05, 3.63) is 35.9 Å². The van der Waals surface area contributed by atoms with E-state index in [1.165, 1.54) is 4.90 Å². The van der Waals surface area contributed by atoms with Crippen LogP contribution in [-0.2, 0) is 20.9 Å². The molecule has 32 heavy (non-hydrogen) atoms. The van der Waals surface area contributed by atoms with E-state index in [-0.39, 0.29) is 19.1 Å². The molecule has 1 fully saturated rings. The number of likely N-dealkylation sites (tertiary alicyclic amines) is 1. The number of piperidine rings is 1. The first-order chi connectivity index (χ1) is 15.2. The Labute approximate surface area is 191 Å². The highest BCUT2D eigenvalue weighted by Crippen LogP contribution is 2.14. The summed E-state index contributed by atoms with van der Waals surface area (Å²) in [5, 5.41) is 2.69. The van der Waals surface area contributed by atoms with Gasteiger partial charge in [0.05, 0.1) is 6.54 Å². The molecule has 3 amide bonds. The number of rotatable bonds is 8. The predicted molar refractivity (Wildman–Crippen MR) is 122 cm³/mol. The monoisotopic (exact) mass is 447 g/mol. The fourth-order valence-electron chi connectivity index (χ4n) is 3.50. The second-order valence-electron chi connectivity index (χ2n) is 9.07. The zero-order chi connectivity index (χ0) is 23.6. The van der Waals surface area contributed by atoms with Gasteiger partial charge in [0.25, 0.3) is 0 Å². The van der Waals surface area contributed by atoms with Crippen LogP contribution < -0.4 is 5.32 Å². The Morgan fingerprint density at radius 1 is 1.09 bits per heavy atom. The van der Waals surface area contributed by atoms with Gasteiger partial charge in [-0.25, -0.2) is 9.59 Å². The number of nitrogens with one attached hydrogen (secondary N) is 1. The summed E-state index contributed by atoms with van der Waals surface area (Å²) in [6, 6.07) is 8.42. The smallest absolute Gasteiger partial charge is 0.410 e. The van der Waals surface area contributed by atoms with E-state index < -0.39 is 23.8 Å². The largest absolute Gasteiger partial charge is 0.445 e. The molecule has 8 heteroatoms. The maximum absolute atomic E-state index is 13.2. The van der Waals surface area contributed by atoms with Gasteiger partial charge in [-0.1, -0.05) is 37.3 Å². The molecule has 1 N–H and O–H groups in total. The molecule has 1 aliphatic heterocycles. The van der Waals surface area contributed by atoms with Crippen LogP contribution in [0.4, 0.5) is 9.59 Å². The quantitative estimate of drug-likeness (QED) is 0.652. The molecule has 1 atom stereocenters. The standard InChI is InChI=1S/C24H37N3O5/c1-5-14-27(23(30)32-24(2,3)4)17-20(21(28)26-15-10-7-11-16-26)25-22(29)31-18-19-12-8-6-9-13-19/h6,8-9,12-13,20H,5,7,10-11,14-18H2,1-4H3,(H,25,29)/t20-/m0/s1. The molecule has 1 aliphatic rings. The lowest BCUT2D eigenvalue weighted by atomic mass is 10.1. The van der Waals surface area contributed by atoms with Gasteiger partial charge < -0.3 is 24.6 Å². The summed E-state index contributed by atoms with van der Waals surface area (Å²) in [6.45, 7) is 9.17. The second-order valence-corrected chi connectivity index (χ2v) is 9.07. The molecule has 8 nitrogen and oxygen atoms in total.